The summed E-state index contributed by atoms with van der Waals surface area (Å²) in [6.07, 6.45) is 1.60. The molecule has 0 saturated carbocycles. The van der Waals surface area contributed by atoms with E-state index in [4.69, 9.17) is 10.5 Å². The molecule has 0 spiro atoms. The van der Waals surface area contributed by atoms with Crippen molar-refractivity contribution in [2.45, 2.75) is 39.5 Å². The highest BCUT2D eigenvalue weighted by Gasteiger charge is 2.33. The van der Waals surface area contributed by atoms with Crippen molar-refractivity contribution >= 4 is 6.09 Å². The molecule has 0 atom stereocenters. The third kappa shape index (κ3) is 3.66. The second-order valence-corrected chi connectivity index (χ2v) is 5.89. The Morgan fingerprint density at radius 3 is 2.74 bits per heavy atom. The third-order valence-electron chi connectivity index (χ3n) is 2.85. The van der Waals surface area contributed by atoms with Gasteiger partial charge in [0.15, 0.2) is 0 Å². The first kappa shape index (κ1) is 13.8. The SMILES string of the molecule is CC(C)(C)OC(=O)N1CC(Cn2cc(CN)nn2)C1. The molecule has 0 aliphatic carbocycles. The van der Waals surface area contributed by atoms with Gasteiger partial charge in [0.1, 0.15) is 5.60 Å². The Morgan fingerprint density at radius 1 is 1.53 bits per heavy atom. The molecule has 1 aromatic heterocycles. The first-order valence-electron chi connectivity index (χ1n) is 6.44. The van der Waals surface area contributed by atoms with Gasteiger partial charge < -0.3 is 15.4 Å². The van der Waals surface area contributed by atoms with E-state index in [0.717, 1.165) is 12.2 Å². The summed E-state index contributed by atoms with van der Waals surface area (Å²) in [7, 11) is 0. The molecule has 19 heavy (non-hydrogen) atoms. The Labute approximate surface area is 112 Å². The van der Waals surface area contributed by atoms with Crippen molar-refractivity contribution in [2.75, 3.05) is 13.1 Å². The van der Waals surface area contributed by atoms with Gasteiger partial charge in [0.2, 0.25) is 0 Å². The first-order chi connectivity index (χ1) is 8.87. The summed E-state index contributed by atoms with van der Waals surface area (Å²) in [5.74, 6) is 0.403. The minimum atomic E-state index is -0.440. The van der Waals surface area contributed by atoms with E-state index in [0.29, 0.717) is 25.6 Å². The van der Waals surface area contributed by atoms with Crippen LogP contribution in [-0.4, -0.2) is 44.7 Å². The molecule has 1 fully saturated rings. The predicted molar refractivity (Wildman–Crippen MR) is 69.2 cm³/mol. The number of carbonyl (C=O) groups is 1. The van der Waals surface area contributed by atoms with Gasteiger partial charge in [-0.15, -0.1) is 5.10 Å². The van der Waals surface area contributed by atoms with Crippen LogP contribution in [0.4, 0.5) is 4.79 Å². The largest absolute Gasteiger partial charge is 0.444 e. The molecule has 2 heterocycles. The number of hydrogen-bond donors (Lipinski definition) is 1. The zero-order valence-corrected chi connectivity index (χ0v) is 11.7. The van der Waals surface area contributed by atoms with Crippen LogP contribution in [0.1, 0.15) is 26.5 Å². The van der Waals surface area contributed by atoms with Crippen molar-refractivity contribution in [3.8, 4) is 0 Å². The number of ether oxygens (including phenoxy) is 1. The van der Waals surface area contributed by atoms with Crippen LogP contribution in [0.2, 0.25) is 0 Å². The van der Waals surface area contributed by atoms with Crippen molar-refractivity contribution in [1.29, 1.82) is 0 Å². The molecule has 1 aliphatic rings. The van der Waals surface area contributed by atoms with Crippen LogP contribution in [0.15, 0.2) is 6.20 Å². The van der Waals surface area contributed by atoms with E-state index in [1.807, 2.05) is 27.0 Å². The van der Waals surface area contributed by atoms with Crippen LogP contribution >= 0.6 is 0 Å². The second-order valence-electron chi connectivity index (χ2n) is 5.89. The molecule has 1 saturated heterocycles. The summed E-state index contributed by atoms with van der Waals surface area (Å²) in [6, 6.07) is 0. The molecule has 0 bridgehead atoms. The van der Waals surface area contributed by atoms with Crippen molar-refractivity contribution in [3.05, 3.63) is 11.9 Å². The third-order valence-corrected chi connectivity index (χ3v) is 2.85. The number of nitrogens with zero attached hydrogens (tertiary/aromatic N) is 4. The molecular formula is C12H21N5O2. The number of nitrogens with two attached hydrogens (primary N) is 1. The average Bonchev–Trinajstić information content (AvgIpc) is 2.67. The van der Waals surface area contributed by atoms with E-state index in [9.17, 15) is 4.79 Å². The topological polar surface area (TPSA) is 86.3 Å². The van der Waals surface area contributed by atoms with Crippen molar-refractivity contribution < 1.29 is 9.53 Å². The lowest BCUT2D eigenvalue weighted by Gasteiger charge is -2.39. The molecule has 0 radical (unpaired) electrons. The van der Waals surface area contributed by atoms with Gasteiger partial charge >= 0.3 is 6.09 Å². The molecule has 2 rings (SSSR count). The number of hydrogen-bond acceptors (Lipinski definition) is 5. The van der Waals surface area contributed by atoms with Gasteiger partial charge in [-0.3, -0.25) is 4.68 Å². The molecule has 1 amide bonds. The number of aromatic nitrogens is 3. The van der Waals surface area contributed by atoms with E-state index in [-0.39, 0.29) is 6.09 Å². The minimum Gasteiger partial charge on any atom is -0.444 e. The van der Waals surface area contributed by atoms with E-state index in [1.165, 1.54) is 0 Å². The van der Waals surface area contributed by atoms with Gasteiger partial charge in [0.25, 0.3) is 0 Å². The molecule has 2 N–H and O–H groups in total. The summed E-state index contributed by atoms with van der Waals surface area (Å²) >= 11 is 0. The van der Waals surface area contributed by atoms with Crippen LogP contribution in [0, 0.1) is 5.92 Å². The lowest BCUT2D eigenvalue weighted by molar-refractivity contribution is -0.00390. The number of amides is 1. The van der Waals surface area contributed by atoms with E-state index in [1.54, 1.807) is 9.58 Å². The summed E-state index contributed by atoms with van der Waals surface area (Å²) in [6.45, 7) is 8.16. The number of rotatable bonds is 3. The highest BCUT2D eigenvalue weighted by molar-refractivity contribution is 5.69. The quantitative estimate of drug-likeness (QED) is 0.866. The smallest absolute Gasteiger partial charge is 0.410 e. The van der Waals surface area contributed by atoms with Crippen molar-refractivity contribution in [2.24, 2.45) is 11.7 Å². The van der Waals surface area contributed by atoms with Crippen molar-refractivity contribution in [1.82, 2.24) is 19.9 Å². The molecule has 106 valence electrons. The van der Waals surface area contributed by atoms with Gasteiger partial charge in [-0.05, 0) is 20.8 Å². The number of carbonyl (C=O) groups excluding carboxylic acids is 1. The Balaban J connectivity index is 1.75. The lowest BCUT2D eigenvalue weighted by Crippen LogP contribution is -2.52. The van der Waals surface area contributed by atoms with Gasteiger partial charge in [-0.25, -0.2) is 4.79 Å². The van der Waals surface area contributed by atoms with E-state index in [2.05, 4.69) is 10.3 Å². The lowest BCUT2D eigenvalue weighted by atomic mass is 10.0. The number of likely N-dealkylation sites (tertiary alicyclic amines) is 1. The predicted octanol–water partition coefficient (Wildman–Crippen LogP) is 0.604. The van der Waals surface area contributed by atoms with E-state index >= 15 is 0 Å². The summed E-state index contributed by atoms with van der Waals surface area (Å²) in [5.41, 5.74) is 5.82. The molecule has 0 aromatic carbocycles. The Morgan fingerprint density at radius 2 is 2.21 bits per heavy atom. The van der Waals surface area contributed by atoms with Gasteiger partial charge in [-0.2, -0.15) is 0 Å². The molecule has 7 heteroatoms. The zero-order chi connectivity index (χ0) is 14.0. The normalized spacial score (nSPS) is 16.3. The fraction of sp³-hybridized carbons (Fsp3) is 0.750. The van der Waals surface area contributed by atoms with Gasteiger partial charge in [0, 0.05) is 38.3 Å². The maximum absolute atomic E-state index is 11.7. The monoisotopic (exact) mass is 267 g/mol. The molecule has 7 nitrogen and oxygen atoms in total. The van der Waals surface area contributed by atoms with Crippen LogP contribution in [0.25, 0.3) is 0 Å². The van der Waals surface area contributed by atoms with Crippen molar-refractivity contribution in [3.63, 3.8) is 0 Å². The van der Waals surface area contributed by atoms with E-state index < -0.39 is 5.60 Å². The first-order valence-corrected chi connectivity index (χ1v) is 6.44. The van der Waals surface area contributed by atoms with Crippen LogP contribution in [0.5, 0.6) is 0 Å². The molecule has 0 unspecified atom stereocenters. The Hall–Kier alpha value is -1.63. The fourth-order valence-electron chi connectivity index (χ4n) is 1.95. The maximum atomic E-state index is 11.7. The standard InChI is InChI=1S/C12H21N5O2/c1-12(2,3)19-11(18)16-5-9(6-16)7-17-8-10(4-13)14-15-17/h8-9H,4-7,13H2,1-3H3. The van der Waals surface area contributed by atoms with Crippen LogP contribution in [0.3, 0.4) is 0 Å². The fourth-order valence-corrected chi connectivity index (χ4v) is 1.95. The minimum absolute atomic E-state index is 0.245. The summed E-state index contributed by atoms with van der Waals surface area (Å²) < 4.78 is 7.07. The summed E-state index contributed by atoms with van der Waals surface area (Å²) in [5, 5.41) is 7.92. The van der Waals surface area contributed by atoms with Crippen LogP contribution in [-0.2, 0) is 17.8 Å². The highest BCUT2D eigenvalue weighted by atomic mass is 16.6. The second kappa shape index (κ2) is 5.16. The average molecular weight is 267 g/mol. The molecule has 1 aromatic rings. The zero-order valence-electron chi connectivity index (χ0n) is 11.7. The van der Waals surface area contributed by atoms with Gasteiger partial charge in [0.05, 0.1) is 5.69 Å². The van der Waals surface area contributed by atoms with Gasteiger partial charge in [-0.1, -0.05) is 5.21 Å². The highest BCUT2D eigenvalue weighted by Crippen LogP contribution is 2.20. The molecular weight excluding hydrogens is 246 g/mol. The maximum Gasteiger partial charge on any atom is 0.410 e. The molecule has 1 aliphatic heterocycles. The van der Waals surface area contributed by atoms with Crippen LogP contribution < -0.4 is 5.73 Å². The Kier molecular flexibility index (Phi) is 3.75. The summed E-state index contributed by atoms with van der Waals surface area (Å²) in [4.78, 5) is 13.4. The Bertz CT molecular complexity index is 445.